The van der Waals surface area contributed by atoms with Gasteiger partial charge in [0.1, 0.15) is 0 Å². The largest absolute Gasteiger partial charge is 0.440 e. The Kier molecular flexibility index (Phi) is 3.21. The molecule has 1 aromatic heterocycles. The second-order valence-electron chi connectivity index (χ2n) is 4.21. The van der Waals surface area contributed by atoms with Crippen LogP contribution in [0, 0.1) is 0 Å². The maximum Gasteiger partial charge on any atom is 0.289 e. The quantitative estimate of drug-likeness (QED) is 0.752. The number of hydrogen-bond donors (Lipinski definition) is 0. The van der Waals surface area contributed by atoms with Crippen molar-refractivity contribution < 1.29 is 9.21 Å². The topological polar surface area (TPSA) is 36.7 Å². The third-order valence-electron chi connectivity index (χ3n) is 2.88. The molecular weight excluding hydrogens is 228 g/mol. The Morgan fingerprint density at radius 3 is 2.81 bits per heavy atom. The minimum absolute atomic E-state index is 0.0764. The predicted molar refractivity (Wildman–Crippen MR) is 61.7 cm³/mol. The first kappa shape index (κ1) is 11.5. The van der Waals surface area contributed by atoms with Gasteiger partial charge in [0, 0.05) is 25.7 Å². The molecule has 0 spiro atoms. The van der Waals surface area contributed by atoms with E-state index in [1.54, 1.807) is 12.1 Å². The lowest BCUT2D eigenvalue weighted by molar-refractivity contribution is 0.0503. The minimum atomic E-state index is -0.0764. The molecule has 1 saturated heterocycles. The monoisotopic (exact) mass is 242 g/mol. The summed E-state index contributed by atoms with van der Waals surface area (Å²) in [7, 11) is 2.06. The van der Waals surface area contributed by atoms with Crippen LogP contribution in [0.25, 0.3) is 0 Å². The number of nitrogens with zero attached hydrogens (tertiary/aromatic N) is 2. The maximum atomic E-state index is 12.1. The number of rotatable bonds is 1. The summed E-state index contributed by atoms with van der Waals surface area (Å²) in [6, 6.07) is 3.42. The molecule has 88 valence electrons. The van der Waals surface area contributed by atoms with Crippen molar-refractivity contribution in [1.29, 1.82) is 0 Å². The molecule has 1 atom stereocenters. The fourth-order valence-corrected chi connectivity index (χ4v) is 2.16. The standard InChI is InChI=1S/C11H15ClN2O2/c1-8-7-13(2)5-6-14(8)11(15)9-3-4-10(12)16-9/h3-4,8H,5-7H2,1-2H3. The summed E-state index contributed by atoms with van der Waals surface area (Å²) in [4.78, 5) is 16.1. The van der Waals surface area contributed by atoms with Crippen LogP contribution < -0.4 is 0 Å². The number of piperazine rings is 1. The van der Waals surface area contributed by atoms with Crippen LogP contribution in [0.15, 0.2) is 16.5 Å². The number of likely N-dealkylation sites (N-methyl/N-ethyl adjacent to an activating group) is 1. The Bertz CT molecular complexity index is 391. The van der Waals surface area contributed by atoms with Crippen LogP contribution in [0.2, 0.25) is 5.22 Å². The molecule has 0 radical (unpaired) electrons. The molecule has 0 saturated carbocycles. The van der Waals surface area contributed by atoms with Gasteiger partial charge in [-0.3, -0.25) is 4.79 Å². The maximum absolute atomic E-state index is 12.1. The number of halogens is 1. The highest BCUT2D eigenvalue weighted by atomic mass is 35.5. The average Bonchev–Trinajstić information content (AvgIpc) is 2.64. The van der Waals surface area contributed by atoms with E-state index in [9.17, 15) is 4.79 Å². The van der Waals surface area contributed by atoms with Crippen molar-refractivity contribution in [1.82, 2.24) is 9.80 Å². The molecule has 5 heteroatoms. The molecule has 1 unspecified atom stereocenters. The van der Waals surface area contributed by atoms with Crippen molar-refractivity contribution in [3.05, 3.63) is 23.1 Å². The van der Waals surface area contributed by atoms with Gasteiger partial charge >= 0.3 is 0 Å². The van der Waals surface area contributed by atoms with E-state index in [0.717, 1.165) is 19.6 Å². The van der Waals surface area contributed by atoms with Crippen LogP contribution in [0.5, 0.6) is 0 Å². The van der Waals surface area contributed by atoms with E-state index < -0.39 is 0 Å². The number of carbonyl (C=O) groups is 1. The summed E-state index contributed by atoms with van der Waals surface area (Å²) in [6.07, 6.45) is 0. The molecule has 0 aromatic carbocycles. The number of amides is 1. The molecular formula is C11H15ClN2O2. The van der Waals surface area contributed by atoms with Gasteiger partial charge in [-0.1, -0.05) is 0 Å². The molecule has 2 heterocycles. The molecule has 1 aromatic rings. The van der Waals surface area contributed by atoms with Gasteiger partial charge in [-0.05, 0) is 37.7 Å². The summed E-state index contributed by atoms with van der Waals surface area (Å²) in [5.74, 6) is 0.244. The van der Waals surface area contributed by atoms with Crippen LogP contribution in [-0.4, -0.2) is 48.4 Å². The summed E-state index contributed by atoms with van der Waals surface area (Å²) in [5.41, 5.74) is 0. The van der Waals surface area contributed by atoms with Gasteiger partial charge < -0.3 is 14.2 Å². The van der Waals surface area contributed by atoms with Crippen LogP contribution in [0.3, 0.4) is 0 Å². The number of furan rings is 1. The third-order valence-corrected chi connectivity index (χ3v) is 3.08. The molecule has 1 aliphatic rings. The first-order valence-corrected chi connectivity index (χ1v) is 5.70. The number of hydrogen-bond acceptors (Lipinski definition) is 3. The van der Waals surface area contributed by atoms with Crippen LogP contribution in [0.4, 0.5) is 0 Å². The average molecular weight is 243 g/mol. The van der Waals surface area contributed by atoms with Gasteiger partial charge in [0.25, 0.3) is 5.91 Å². The van der Waals surface area contributed by atoms with E-state index in [1.807, 2.05) is 11.8 Å². The highest BCUT2D eigenvalue weighted by Gasteiger charge is 2.28. The van der Waals surface area contributed by atoms with Gasteiger partial charge in [-0.2, -0.15) is 0 Å². The summed E-state index contributed by atoms with van der Waals surface area (Å²) in [6.45, 7) is 4.55. The van der Waals surface area contributed by atoms with Gasteiger partial charge in [-0.25, -0.2) is 0 Å². The Morgan fingerprint density at radius 2 is 2.25 bits per heavy atom. The zero-order chi connectivity index (χ0) is 11.7. The van der Waals surface area contributed by atoms with Crippen LogP contribution in [-0.2, 0) is 0 Å². The first-order chi connectivity index (χ1) is 7.58. The zero-order valence-corrected chi connectivity index (χ0v) is 10.2. The zero-order valence-electron chi connectivity index (χ0n) is 9.44. The molecule has 1 amide bonds. The summed E-state index contributed by atoms with van der Waals surface area (Å²) < 4.78 is 5.13. The molecule has 0 N–H and O–H groups in total. The van der Waals surface area contributed by atoms with E-state index in [-0.39, 0.29) is 17.2 Å². The van der Waals surface area contributed by atoms with Gasteiger partial charge in [-0.15, -0.1) is 0 Å². The van der Waals surface area contributed by atoms with E-state index in [2.05, 4.69) is 11.9 Å². The van der Waals surface area contributed by atoms with Crippen molar-refractivity contribution in [2.45, 2.75) is 13.0 Å². The SMILES string of the molecule is CC1CN(C)CCN1C(=O)c1ccc(Cl)o1. The smallest absolute Gasteiger partial charge is 0.289 e. The summed E-state index contributed by atoms with van der Waals surface area (Å²) in [5, 5.41) is 0.255. The van der Waals surface area contributed by atoms with Crippen LogP contribution in [0.1, 0.15) is 17.5 Å². The fraction of sp³-hybridized carbons (Fsp3) is 0.545. The van der Waals surface area contributed by atoms with E-state index >= 15 is 0 Å². The Morgan fingerprint density at radius 1 is 1.50 bits per heavy atom. The van der Waals surface area contributed by atoms with Crippen molar-refractivity contribution in [3.63, 3.8) is 0 Å². The van der Waals surface area contributed by atoms with E-state index in [4.69, 9.17) is 16.0 Å². The highest BCUT2D eigenvalue weighted by molar-refractivity contribution is 6.29. The second-order valence-corrected chi connectivity index (χ2v) is 4.59. The van der Waals surface area contributed by atoms with E-state index in [0.29, 0.717) is 5.76 Å². The third kappa shape index (κ3) is 2.23. The lowest BCUT2D eigenvalue weighted by Crippen LogP contribution is -2.52. The van der Waals surface area contributed by atoms with Gasteiger partial charge in [0.2, 0.25) is 0 Å². The van der Waals surface area contributed by atoms with E-state index in [1.165, 1.54) is 0 Å². The van der Waals surface area contributed by atoms with Gasteiger partial charge in [0.05, 0.1) is 0 Å². The molecule has 4 nitrogen and oxygen atoms in total. The second kappa shape index (κ2) is 4.47. The molecule has 1 aliphatic heterocycles. The predicted octanol–water partition coefficient (Wildman–Crippen LogP) is 1.71. The molecule has 2 rings (SSSR count). The minimum Gasteiger partial charge on any atom is -0.440 e. The molecule has 0 bridgehead atoms. The van der Waals surface area contributed by atoms with Crippen molar-refractivity contribution in [2.75, 3.05) is 26.7 Å². The summed E-state index contributed by atoms with van der Waals surface area (Å²) >= 11 is 5.66. The highest BCUT2D eigenvalue weighted by Crippen LogP contribution is 2.17. The lowest BCUT2D eigenvalue weighted by atomic mass is 10.2. The molecule has 1 fully saturated rings. The van der Waals surface area contributed by atoms with Crippen molar-refractivity contribution in [2.24, 2.45) is 0 Å². The molecule has 16 heavy (non-hydrogen) atoms. The molecule has 0 aliphatic carbocycles. The Labute approximate surface area is 99.8 Å². The Hall–Kier alpha value is -1.00. The van der Waals surface area contributed by atoms with Crippen LogP contribution >= 0.6 is 11.6 Å². The van der Waals surface area contributed by atoms with Crippen molar-refractivity contribution in [3.8, 4) is 0 Å². The van der Waals surface area contributed by atoms with Gasteiger partial charge in [0.15, 0.2) is 11.0 Å². The number of carbonyl (C=O) groups excluding carboxylic acids is 1. The fourth-order valence-electron chi connectivity index (χ4n) is 2.01. The first-order valence-electron chi connectivity index (χ1n) is 5.33. The normalized spacial score (nSPS) is 22.4. The van der Waals surface area contributed by atoms with Crippen molar-refractivity contribution >= 4 is 17.5 Å². The Balaban J connectivity index is 2.10. The lowest BCUT2D eigenvalue weighted by Gasteiger charge is -2.37.